The fourth-order valence-electron chi connectivity index (χ4n) is 2.39. The zero-order chi connectivity index (χ0) is 11.8. The number of hydrogen-bond donors (Lipinski definition) is 1. The first-order valence-corrected chi connectivity index (χ1v) is 6.50. The van der Waals surface area contributed by atoms with Crippen molar-refractivity contribution in [2.75, 3.05) is 5.32 Å². The van der Waals surface area contributed by atoms with Crippen LogP contribution in [0.4, 0.5) is 10.1 Å². The van der Waals surface area contributed by atoms with Gasteiger partial charge in [-0.25, -0.2) is 4.39 Å². The van der Waals surface area contributed by atoms with Crippen molar-refractivity contribution in [3.63, 3.8) is 0 Å². The summed E-state index contributed by atoms with van der Waals surface area (Å²) in [6, 6.07) is 5.21. The Morgan fingerprint density at radius 3 is 2.81 bits per heavy atom. The van der Waals surface area contributed by atoms with Gasteiger partial charge in [0.2, 0.25) is 0 Å². The first kappa shape index (κ1) is 11.9. The van der Waals surface area contributed by atoms with Crippen LogP contribution < -0.4 is 5.32 Å². The van der Waals surface area contributed by atoms with Gasteiger partial charge in [0.25, 0.3) is 0 Å². The molecular formula is C13H17BrFN. The molecule has 0 heterocycles. The molecule has 2 rings (SSSR count). The summed E-state index contributed by atoms with van der Waals surface area (Å²) in [5.74, 6) is -0.193. The molecule has 0 radical (unpaired) electrons. The van der Waals surface area contributed by atoms with Crippen LogP contribution in [0.25, 0.3) is 0 Å². The molecule has 0 aromatic heterocycles. The number of halogens is 2. The van der Waals surface area contributed by atoms with Crippen LogP contribution in [0.1, 0.15) is 33.1 Å². The van der Waals surface area contributed by atoms with Gasteiger partial charge >= 0.3 is 0 Å². The summed E-state index contributed by atoms with van der Waals surface area (Å²) in [4.78, 5) is 0. The Kier molecular flexibility index (Phi) is 3.24. The summed E-state index contributed by atoms with van der Waals surface area (Å²) in [5, 5.41) is 3.45. The highest BCUT2D eigenvalue weighted by Crippen LogP contribution is 2.40. The van der Waals surface area contributed by atoms with Crippen LogP contribution >= 0.6 is 15.9 Å². The van der Waals surface area contributed by atoms with Crippen molar-refractivity contribution in [2.45, 2.75) is 39.2 Å². The molecule has 1 unspecified atom stereocenters. The van der Waals surface area contributed by atoms with Gasteiger partial charge in [0, 0.05) is 10.5 Å². The van der Waals surface area contributed by atoms with Crippen LogP contribution in [-0.4, -0.2) is 6.04 Å². The van der Waals surface area contributed by atoms with E-state index in [2.05, 4.69) is 35.1 Å². The average molecular weight is 286 g/mol. The van der Waals surface area contributed by atoms with Crippen LogP contribution in [0.15, 0.2) is 22.7 Å². The molecular weight excluding hydrogens is 269 g/mol. The Morgan fingerprint density at radius 1 is 1.44 bits per heavy atom. The predicted molar refractivity (Wildman–Crippen MR) is 69.1 cm³/mol. The van der Waals surface area contributed by atoms with E-state index < -0.39 is 0 Å². The minimum atomic E-state index is -0.193. The summed E-state index contributed by atoms with van der Waals surface area (Å²) < 4.78 is 14.1. The Hall–Kier alpha value is -0.570. The molecule has 0 spiro atoms. The lowest BCUT2D eigenvalue weighted by Crippen LogP contribution is -2.30. The zero-order valence-corrected chi connectivity index (χ0v) is 11.3. The summed E-state index contributed by atoms with van der Waals surface area (Å²) >= 11 is 3.45. The van der Waals surface area contributed by atoms with Crippen LogP contribution in [0, 0.1) is 11.2 Å². The Bertz CT molecular complexity index is 390. The highest BCUT2D eigenvalue weighted by Gasteiger charge is 2.34. The molecule has 0 aliphatic heterocycles. The molecule has 0 amide bonds. The zero-order valence-electron chi connectivity index (χ0n) is 9.69. The highest BCUT2D eigenvalue weighted by atomic mass is 79.9. The standard InChI is InChI=1S/C13H17BrFN/c1-13(2)7-3-4-12(13)16-11-8-9(15)5-6-10(11)14/h5-6,8,12,16H,3-4,7H2,1-2H3. The summed E-state index contributed by atoms with van der Waals surface area (Å²) in [5.41, 5.74) is 1.16. The third-order valence-electron chi connectivity index (χ3n) is 3.52. The van der Waals surface area contributed by atoms with E-state index in [-0.39, 0.29) is 5.82 Å². The molecule has 1 aromatic rings. The van der Waals surface area contributed by atoms with E-state index in [0.29, 0.717) is 11.5 Å². The molecule has 1 fully saturated rings. The number of benzene rings is 1. The van der Waals surface area contributed by atoms with Gasteiger partial charge < -0.3 is 5.32 Å². The van der Waals surface area contributed by atoms with Crippen molar-refractivity contribution in [1.29, 1.82) is 0 Å². The van der Waals surface area contributed by atoms with Crippen molar-refractivity contribution >= 4 is 21.6 Å². The lowest BCUT2D eigenvalue weighted by Gasteiger charge is -2.29. The maximum atomic E-state index is 13.2. The van der Waals surface area contributed by atoms with Crippen molar-refractivity contribution in [3.8, 4) is 0 Å². The fourth-order valence-corrected chi connectivity index (χ4v) is 2.75. The monoisotopic (exact) mass is 285 g/mol. The molecule has 1 saturated carbocycles. The number of hydrogen-bond acceptors (Lipinski definition) is 1. The molecule has 16 heavy (non-hydrogen) atoms. The number of anilines is 1. The molecule has 1 N–H and O–H groups in total. The minimum absolute atomic E-state index is 0.193. The second-order valence-electron chi connectivity index (χ2n) is 5.20. The first-order chi connectivity index (χ1) is 7.49. The van der Waals surface area contributed by atoms with Gasteiger partial charge in [-0.1, -0.05) is 20.3 Å². The summed E-state index contributed by atoms with van der Waals surface area (Å²) in [6.45, 7) is 4.54. The van der Waals surface area contributed by atoms with E-state index in [1.807, 2.05) is 0 Å². The van der Waals surface area contributed by atoms with Gasteiger partial charge in [-0.05, 0) is 52.4 Å². The normalized spacial score (nSPS) is 23.4. The Balaban J connectivity index is 2.17. The van der Waals surface area contributed by atoms with E-state index in [9.17, 15) is 4.39 Å². The number of nitrogens with one attached hydrogen (secondary N) is 1. The van der Waals surface area contributed by atoms with Crippen molar-refractivity contribution in [2.24, 2.45) is 5.41 Å². The summed E-state index contributed by atoms with van der Waals surface area (Å²) in [6.07, 6.45) is 3.64. The molecule has 0 saturated heterocycles. The summed E-state index contributed by atoms with van der Waals surface area (Å²) in [7, 11) is 0. The molecule has 1 aromatic carbocycles. The average Bonchev–Trinajstić information content (AvgIpc) is 2.52. The van der Waals surface area contributed by atoms with E-state index in [0.717, 1.165) is 16.6 Å². The van der Waals surface area contributed by atoms with E-state index in [4.69, 9.17) is 0 Å². The molecule has 3 heteroatoms. The van der Waals surface area contributed by atoms with Crippen LogP contribution in [0.2, 0.25) is 0 Å². The van der Waals surface area contributed by atoms with E-state index in [1.165, 1.54) is 18.9 Å². The van der Waals surface area contributed by atoms with Crippen molar-refractivity contribution < 1.29 is 4.39 Å². The van der Waals surface area contributed by atoms with E-state index >= 15 is 0 Å². The lowest BCUT2D eigenvalue weighted by molar-refractivity contribution is 0.350. The van der Waals surface area contributed by atoms with Crippen molar-refractivity contribution in [1.82, 2.24) is 0 Å². The molecule has 1 nitrogen and oxygen atoms in total. The largest absolute Gasteiger partial charge is 0.381 e. The lowest BCUT2D eigenvalue weighted by atomic mass is 9.87. The Labute approximate surface area is 105 Å². The van der Waals surface area contributed by atoms with Gasteiger partial charge in [-0.2, -0.15) is 0 Å². The van der Waals surface area contributed by atoms with Gasteiger partial charge in [-0.15, -0.1) is 0 Å². The highest BCUT2D eigenvalue weighted by molar-refractivity contribution is 9.10. The molecule has 1 atom stereocenters. The third kappa shape index (κ3) is 2.40. The van der Waals surface area contributed by atoms with Gasteiger partial charge in [-0.3, -0.25) is 0 Å². The maximum absolute atomic E-state index is 13.2. The maximum Gasteiger partial charge on any atom is 0.125 e. The first-order valence-electron chi connectivity index (χ1n) is 5.71. The minimum Gasteiger partial charge on any atom is -0.381 e. The topological polar surface area (TPSA) is 12.0 Å². The number of rotatable bonds is 2. The third-order valence-corrected chi connectivity index (χ3v) is 4.21. The second kappa shape index (κ2) is 4.36. The van der Waals surface area contributed by atoms with Crippen molar-refractivity contribution in [3.05, 3.63) is 28.5 Å². The Morgan fingerprint density at radius 2 is 2.19 bits per heavy atom. The SMILES string of the molecule is CC1(C)CCCC1Nc1cc(F)ccc1Br. The second-order valence-corrected chi connectivity index (χ2v) is 6.06. The van der Waals surface area contributed by atoms with E-state index in [1.54, 1.807) is 12.1 Å². The molecule has 0 bridgehead atoms. The predicted octanol–water partition coefficient (Wildman–Crippen LogP) is 4.58. The van der Waals surface area contributed by atoms with Gasteiger partial charge in [0.15, 0.2) is 0 Å². The quantitative estimate of drug-likeness (QED) is 0.839. The molecule has 1 aliphatic rings. The van der Waals surface area contributed by atoms with Crippen LogP contribution in [0.5, 0.6) is 0 Å². The van der Waals surface area contributed by atoms with Crippen LogP contribution in [-0.2, 0) is 0 Å². The molecule has 1 aliphatic carbocycles. The fraction of sp³-hybridized carbons (Fsp3) is 0.538. The van der Waals surface area contributed by atoms with Gasteiger partial charge in [0.05, 0.1) is 5.69 Å². The smallest absolute Gasteiger partial charge is 0.125 e. The van der Waals surface area contributed by atoms with Crippen LogP contribution in [0.3, 0.4) is 0 Å². The molecule has 88 valence electrons. The van der Waals surface area contributed by atoms with Gasteiger partial charge in [0.1, 0.15) is 5.82 Å².